The molecular weight excluding hydrogens is 548 g/mol. The molecule has 212 valence electrons. The van der Waals surface area contributed by atoms with E-state index < -0.39 is 15.7 Å². The molecule has 0 spiro atoms. The van der Waals surface area contributed by atoms with Crippen molar-refractivity contribution in [2.24, 2.45) is 10.9 Å². The van der Waals surface area contributed by atoms with Crippen LogP contribution in [0, 0.1) is 17.2 Å². The van der Waals surface area contributed by atoms with Crippen LogP contribution in [0.25, 0.3) is 11.7 Å². The lowest BCUT2D eigenvalue weighted by atomic mass is 9.86. The Labute approximate surface area is 234 Å². The highest BCUT2D eigenvalue weighted by atomic mass is 32.2. The molecule has 0 aliphatic heterocycles. The number of aromatic hydroxyl groups is 1. The number of rotatable bonds is 8. The van der Waals surface area contributed by atoms with Crippen LogP contribution >= 0.6 is 0 Å². The van der Waals surface area contributed by atoms with Crippen molar-refractivity contribution < 1.29 is 13.5 Å². The zero-order valence-electron chi connectivity index (χ0n) is 21.9. The lowest BCUT2D eigenvalue weighted by Crippen LogP contribution is -2.35. The topological polar surface area (TPSA) is 206 Å². The molecule has 0 amide bonds. The molecular formula is C26H28N10O4S. The van der Waals surface area contributed by atoms with Gasteiger partial charge in [-0.2, -0.15) is 24.8 Å². The molecule has 6 rings (SSSR count). The first-order chi connectivity index (χ1) is 19.8. The first kappa shape index (κ1) is 26.7. The number of nitrogens with zero attached hydrogens (tertiary/aromatic N) is 6. The van der Waals surface area contributed by atoms with E-state index in [1.54, 1.807) is 16.8 Å². The third-order valence-electron chi connectivity index (χ3n) is 7.29. The minimum absolute atomic E-state index is 0.0954. The Morgan fingerprint density at radius 1 is 1.12 bits per heavy atom. The maximum absolute atomic E-state index is 12.7. The van der Waals surface area contributed by atoms with E-state index in [4.69, 9.17) is 5.26 Å². The molecule has 2 saturated carbocycles. The lowest BCUT2D eigenvalue weighted by Gasteiger charge is -2.29. The average molecular weight is 577 g/mol. The molecule has 2 fully saturated rings. The van der Waals surface area contributed by atoms with E-state index in [-0.39, 0.29) is 34.5 Å². The summed E-state index contributed by atoms with van der Waals surface area (Å²) in [4.78, 5) is 30.5. The number of benzene rings is 1. The van der Waals surface area contributed by atoms with Gasteiger partial charge >= 0.3 is 5.69 Å². The van der Waals surface area contributed by atoms with Crippen LogP contribution in [0.4, 0.5) is 5.95 Å². The number of hydrogen-bond acceptors (Lipinski definition) is 10. The third kappa shape index (κ3) is 5.98. The largest absolute Gasteiger partial charge is 0.493 e. The van der Waals surface area contributed by atoms with E-state index in [0.717, 1.165) is 38.5 Å². The molecule has 2 aliphatic rings. The summed E-state index contributed by atoms with van der Waals surface area (Å²) in [5.41, 5.74) is 1.01. The monoisotopic (exact) mass is 576 g/mol. The van der Waals surface area contributed by atoms with Crippen molar-refractivity contribution in [3.8, 4) is 11.9 Å². The number of hydrogen-bond donors (Lipinski definition) is 5. The minimum atomic E-state index is -3.65. The van der Waals surface area contributed by atoms with Gasteiger partial charge in [0.1, 0.15) is 5.69 Å². The minimum Gasteiger partial charge on any atom is -0.493 e. The zero-order chi connectivity index (χ0) is 28.6. The van der Waals surface area contributed by atoms with Crippen LogP contribution in [0.3, 0.4) is 0 Å². The number of fused-ring (bicyclic) bond motifs is 1. The number of imidazole rings is 1. The second-order valence-corrected chi connectivity index (χ2v) is 12.1. The van der Waals surface area contributed by atoms with Gasteiger partial charge in [0.2, 0.25) is 21.9 Å². The number of nitriles is 1. The first-order valence-corrected chi connectivity index (χ1v) is 14.8. The number of aromatic nitrogens is 6. The van der Waals surface area contributed by atoms with E-state index >= 15 is 0 Å². The summed E-state index contributed by atoms with van der Waals surface area (Å²) in [7, 11) is -3.65. The number of sulfonamides is 1. The summed E-state index contributed by atoms with van der Waals surface area (Å²) in [6.45, 7) is 0.338. The molecule has 1 aromatic carbocycles. The van der Waals surface area contributed by atoms with E-state index in [0.29, 0.717) is 34.5 Å². The highest BCUT2D eigenvalue weighted by molar-refractivity contribution is 7.89. The Kier molecular flexibility index (Phi) is 7.01. The van der Waals surface area contributed by atoms with Crippen LogP contribution in [-0.4, -0.2) is 61.7 Å². The standard InChI is InChI=1S/C26H28N10O4S/c27-12-15-3-9-20(10-4-15)41(39,40)29-13-16-1-5-18(6-2-16)30-24-33-22-17(11-21-23(37)34-26(38)32-21)14-28-36(22)25(35-24)31-19-7-8-19/h3-4,9-11,14,16,18-19,29,37H,1-2,5-8,13H2,(H,30,31,35)(H2,32,34,38). The van der Waals surface area contributed by atoms with Gasteiger partial charge < -0.3 is 15.4 Å². The zero-order valence-corrected chi connectivity index (χ0v) is 22.7. The molecule has 0 atom stereocenters. The third-order valence-corrected chi connectivity index (χ3v) is 8.73. The smallest absolute Gasteiger partial charge is 0.326 e. The van der Waals surface area contributed by atoms with Gasteiger partial charge in [-0.15, -0.1) is 0 Å². The summed E-state index contributed by atoms with van der Waals surface area (Å²) >= 11 is 0. The van der Waals surface area contributed by atoms with Gasteiger partial charge in [-0.25, -0.2) is 22.9 Å². The molecule has 3 heterocycles. The van der Waals surface area contributed by atoms with Gasteiger partial charge in [0, 0.05) is 17.8 Å². The Morgan fingerprint density at radius 2 is 1.88 bits per heavy atom. The SMILES string of the molecule is N#Cc1ccc(S(=O)(=O)NCC2CCC(Nc3nc(=NC4CC4)n4ncc(=Cc5[nH]c(=O)[nH]c5O)c4n3)CC2)cc1. The molecule has 15 heteroatoms. The van der Waals surface area contributed by atoms with Gasteiger partial charge in [0.15, 0.2) is 5.65 Å². The van der Waals surface area contributed by atoms with Crippen LogP contribution < -0.4 is 26.6 Å². The first-order valence-electron chi connectivity index (χ1n) is 13.4. The molecule has 41 heavy (non-hydrogen) atoms. The fraction of sp³-hybridized carbons (Fsp3) is 0.385. The molecule has 4 aromatic rings. The molecule has 0 saturated heterocycles. The molecule has 14 nitrogen and oxygen atoms in total. The van der Waals surface area contributed by atoms with E-state index in [9.17, 15) is 18.3 Å². The summed E-state index contributed by atoms with van der Waals surface area (Å²) in [5, 5.41) is 27.3. The summed E-state index contributed by atoms with van der Waals surface area (Å²) in [5.74, 6) is 0.321. The highest BCUT2D eigenvalue weighted by Gasteiger charge is 2.25. The molecule has 0 unspecified atom stereocenters. The second kappa shape index (κ2) is 10.8. The van der Waals surface area contributed by atoms with Crippen LogP contribution in [0.15, 0.2) is 45.1 Å². The Bertz CT molecular complexity index is 1910. The Hall–Kier alpha value is -4.55. The van der Waals surface area contributed by atoms with Crippen LogP contribution in [0.1, 0.15) is 49.8 Å². The normalized spacial score (nSPS) is 20.4. The highest BCUT2D eigenvalue weighted by Crippen LogP contribution is 2.26. The average Bonchev–Trinajstić information content (AvgIpc) is 3.60. The van der Waals surface area contributed by atoms with Crippen LogP contribution in [0.5, 0.6) is 5.88 Å². The number of H-pyrrole nitrogens is 2. The summed E-state index contributed by atoms with van der Waals surface area (Å²) in [6, 6.07) is 8.13. The van der Waals surface area contributed by atoms with Crippen molar-refractivity contribution in [3.05, 3.63) is 63.0 Å². The summed E-state index contributed by atoms with van der Waals surface area (Å²) in [6.07, 6.45) is 8.40. The van der Waals surface area contributed by atoms with Gasteiger partial charge in [0.25, 0.3) is 5.62 Å². The second-order valence-electron chi connectivity index (χ2n) is 10.4. The summed E-state index contributed by atoms with van der Waals surface area (Å²) < 4.78 is 29.6. The molecule has 3 aromatic heterocycles. The fourth-order valence-electron chi connectivity index (χ4n) is 4.86. The van der Waals surface area contributed by atoms with Gasteiger partial charge in [-0.05, 0) is 74.8 Å². The maximum atomic E-state index is 12.7. The predicted molar refractivity (Wildman–Crippen MR) is 147 cm³/mol. The molecule has 2 aliphatic carbocycles. The molecule has 0 bridgehead atoms. The number of anilines is 1. The van der Waals surface area contributed by atoms with Crippen molar-refractivity contribution in [2.45, 2.75) is 55.5 Å². The Morgan fingerprint density at radius 3 is 2.54 bits per heavy atom. The quantitative estimate of drug-likeness (QED) is 0.195. The lowest BCUT2D eigenvalue weighted by molar-refractivity contribution is 0.336. The Balaban J connectivity index is 1.15. The maximum Gasteiger partial charge on any atom is 0.326 e. The van der Waals surface area contributed by atoms with E-state index in [2.05, 4.69) is 40.1 Å². The van der Waals surface area contributed by atoms with Crippen molar-refractivity contribution >= 4 is 27.7 Å². The van der Waals surface area contributed by atoms with Gasteiger partial charge in [-0.1, -0.05) is 0 Å². The fourth-order valence-corrected chi connectivity index (χ4v) is 5.97. The van der Waals surface area contributed by atoms with Gasteiger partial charge in [-0.3, -0.25) is 4.98 Å². The van der Waals surface area contributed by atoms with Crippen LogP contribution in [0.2, 0.25) is 0 Å². The van der Waals surface area contributed by atoms with Crippen molar-refractivity contribution in [3.63, 3.8) is 0 Å². The van der Waals surface area contributed by atoms with E-state index in [1.807, 2.05) is 6.07 Å². The van der Waals surface area contributed by atoms with Crippen LogP contribution in [-0.2, 0) is 10.0 Å². The predicted octanol–water partition coefficient (Wildman–Crippen LogP) is 0.278. The van der Waals surface area contributed by atoms with E-state index in [1.165, 1.54) is 24.3 Å². The van der Waals surface area contributed by atoms with Gasteiger partial charge in [0.05, 0.1) is 28.8 Å². The molecule has 5 N–H and O–H groups in total. The van der Waals surface area contributed by atoms with Crippen molar-refractivity contribution in [2.75, 3.05) is 11.9 Å². The van der Waals surface area contributed by atoms with Crippen molar-refractivity contribution in [1.29, 1.82) is 5.26 Å². The number of nitrogens with one attached hydrogen (secondary N) is 4. The number of aromatic amines is 2. The molecule has 0 radical (unpaired) electrons. The van der Waals surface area contributed by atoms with Crippen molar-refractivity contribution in [1.82, 2.24) is 34.3 Å².